The normalized spacial score (nSPS) is 10.2. The topological polar surface area (TPSA) is 64.3 Å². The molecule has 110 valence electrons. The molecule has 0 fully saturated rings. The van der Waals surface area contributed by atoms with Crippen LogP contribution in [0.1, 0.15) is 17.3 Å². The third kappa shape index (κ3) is 3.28. The van der Waals surface area contributed by atoms with Gasteiger partial charge in [-0.15, -0.1) is 0 Å². The van der Waals surface area contributed by atoms with Gasteiger partial charge in [0.2, 0.25) is 0 Å². The average molecular weight is 292 g/mol. The summed E-state index contributed by atoms with van der Waals surface area (Å²) in [5.41, 5.74) is 6.56. The van der Waals surface area contributed by atoms with Gasteiger partial charge in [0.1, 0.15) is 0 Å². The summed E-state index contributed by atoms with van der Waals surface area (Å²) in [5.74, 6) is -2.50. The number of ether oxygens (including phenoxy) is 1. The molecule has 3 N–H and O–H groups in total. The highest BCUT2D eigenvalue weighted by Crippen LogP contribution is 2.27. The maximum absolute atomic E-state index is 13.6. The predicted molar refractivity (Wildman–Crippen MR) is 76.5 cm³/mol. The van der Waals surface area contributed by atoms with Crippen LogP contribution in [0.15, 0.2) is 36.4 Å². The summed E-state index contributed by atoms with van der Waals surface area (Å²) in [6, 6.07) is 8.17. The van der Waals surface area contributed by atoms with Crippen molar-refractivity contribution in [2.75, 3.05) is 17.7 Å². The molecule has 0 aliphatic heterocycles. The molecule has 0 radical (unpaired) electrons. The third-order valence-electron chi connectivity index (χ3n) is 2.79. The molecule has 2 aromatic carbocycles. The zero-order valence-corrected chi connectivity index (χ0v) is 11.3. The lowest BCUT2D eigenvalue weighted by Crippen LogP contribution is -2.06. The Bertz CT molecular complexity index is 675. The van der Waals surface area contributed by atoms with E-state index in [0.29, 0.717) is 11.4 Å². The van der Waals surface area contributed by atoms with E-state index in [2.05, 4.69) is 5.32 Å². The molecular formula is C15H14F2N2O2. The van der Waals surface area contributed by atoms with E-state index in [1.807, 2.05) is 0 Å². The number of esters is 1. The van der Waals surface area contributed by atoms with Crippen LogP contribution in [-0.2, 0) is 4.74 Å². The molecule has 0 spiro atoms. The van der Waals surface area contributed by atoms with Gasteiger partial charge in [0.25, 0.3) is 0 Å². The lowest BCUT2D eigenvalue weighted by atomic mass is 10.1. The van der Waals surface area contributed by atoms with Crippen LogP contribution in [0.25, 0.3) is 0 Å². The highest BCUT2D eigenvalue weighted by Gasteiger charge is 2.12. The van der Waals surface area contributed by atoms with Crippen molar-refractivity contribution in [3.8, 4) is 0 Å². The number of carbonyl (C=O) groups excluding carboxylic acids is 1. The van der Waals surface area contributed by atoms with Crippen molar-refractivity contribution < 1.29 is 18.3 Å². The first-order chi connectivity index (χ1) is 10.0. The number of nitrogens with two attached hydrogens (primary N) is 1. The van der Waals surface area contributed by atoms with Crippen molar-refractivity contribution in [1.29, 1.82) is 0 Å². The summed E-state index contributed by atoms with van der Waals surface area (Å²) in [5, 5.41) is 2.67. The first-order valence-corrected chi connectivity index (χ1v) is 6.30. The molecule has 0 aliphatic rings. The molecule has 0 saturated carbocycles. The Hall–Kier alpha value is -2.63. The molecule has 21 heavy (non-hydrogen) atoms. The maximum Gasteiger partial charge on any atom is 0.338 e. The minimum absolute atomic E-state index is 0.0669. The second-order valence-electron chi connectivity index (χ2n) is 4.25. The Morgan fingerprint density at radius 3 is 2.71 bits per heavy atom. The van der Waals surface area contributed by atoms with E-state index in [1.165, 1.54) is 30.3 Å². The quantitative estimate of drug-likeness (QED) is 0.669. The summed E-state index contributed by atoms with van der Waals surface area (Å²) in [6.45, 7) is 1.93. The lowest BCUT2D eigenvalue weighted by molar-refractivity contribution is 0.0526. The first-order valence-electron chi connectivity index (χ1n) is 6.30. The fourth-order valence-corrected chi connectivity index (χ4v) is 1.75. The molecule has 0 amide bonds. The van der Waals surface area contributed by atoms with Crippen molar-refractivity contribution in [3.63, 3.8) is 0 Å². The van der Waals surface area contributed by atoms with Crippen LogP contribution < -0.4 is 11.1 Å². The number of rotatable bonds is 4. The van der Waals surface area contributed by atoms with Gasteiger partial charge in [0.15, 0.2) is 11.6 Å². The molecule has 0 saturated heterocycles. The molecule has 0 atom stereocenters. The Balaban J connectivity index is 2.33. The fraction of sp³-hybridized carbons (Fsp3) is 0.133. The molecular weight excluding hydrogens is 278 g/mol. The maximum atomic E-state index is 13.6. The summed E-state index contributed by atoms with van der Waals surface area (Å²) in [4.78, 5) is 11.7. The molecule has 2 rings (SSSR count). The average Bonchev–Trinajstić information content (AvgIpc) is 2.46. The number of halogens is 2. The number of benzene rings is 2. The van der Waals surface area contributed by atoms with Crippen molar-refractivity contribution in [2.45, 2.75) is 6.92 Å². The zero-order chi connectivity index (χ0) is 15.4. The number of nitrogen functional groups attached to an aromatic ring is 1. The second-order valence-corrected chi connectivity index (χ2v) is 4.25. The van der Waals surface area contributed by atoms with Gasteiger partial charge in [-0.3, -0.25) is 0 Å². The van der Waals surface area contributed by atoms with Crippen LogP contribution in [0.5, 0.6) is 0 Å². The van der Waals surface area contributed by atoms with Crippen molar-refractivity contribution in [2.24, 2.45) is 0 Å². The second kappa shape index (κ2) is 6.21. The fourth-order valence-electron chi connectivity index (χ4n) is 1.75. The zero-order valence-electron chi connectivity index (χ0n) is 11.3. The Kier molecular flexibility index (Phi) is 4.37. The third-order valence-corrected chi connectivity index (χ3v) is 2.79. The highest BCUT2D eigenvalue weighted by molar-refractivity contribution is 5.92. The number of hydrogen-bond acceptors (Lipinski definition) is 4. The van der Waals surface area contributed by atoms with Crippen LogP contribution in [0.2, 0.25) is 0 Å². The Morgan fingerprint density at radius 2 is 2.00 bits per heavy atom. The summed E-state index contributed by atoms with van der Waals surface area (Å²) in [6.07, 6.45) is 0. The van der Waals surface area contributed by atoms with E-state index in [4.69, 9.17) is 10.5 Å². The minimum Gasteiger partial charge on any atom is -0.462 e. The van der Waals surface area contributed by atoms with E-state index in [-0.39, 0.29) is 17.9 Å². The van der Waals surface area contributed by atoms with Crippen LogP contribution in [0.4, 0.5) is 25.8 Å². The van der Waals surface area contributed by atoms with Crippen molar-refractivity contribution >= 4 is 23.0 Å². The van der Waals surface area contributed by atoms with Crippen LogP contribution >= 0.6 is 0 Å². The predicted octanol–water partition coefficient (Wildman–Crippen LogP) is 3.47. The van der Waals surface area contributed by atoms with Gasteiger partial charge < -0.3 is 15.8 Å². The highest BCUT2D eigenvalue weighted by atomic mass is 19.2. The van der Waals surface area contributed by atoms with E-state index in [9.17, 15) is 13.6 Å². The lowest BCUT2D eigenvalue weighted by Gasteiger charge is -2.12. The van der Waals surface area contributed by atoms with Gasteiger partial charge in [-0.05, 0) is 37.3 Å². The number of anilines is 3. The van der Waals surface area contributed by atoms with Crippen molar-refractivity contribution in [3.05, 3.63) is 53.6 Å². The van der Waals surface area contributed by atoms with Gasteiger partial charge in [-0.25, -0.2) is 13.6 Å². The smallest absolute Gasteiger partial charge is 0.338 e. The van der Waals surface area contributed by atoms with Gasteiger partial charge in [-0.1, -0.05) is 6.07 Å². The Labute approximate surface area is 120 Å². The van der Waals surface area contributed by atoms with Crippen LogP contribution in [-0.4, -0.2) is 12.6 Å². The van der Waals surface area contributed by atoms with Gasteiger partial charge in [0.05, 0.1) is 29.2 Å². The number of hydrogen-bond donors (Lipinski definition) is 2. The van der Waals surface area contributed by atoms with Gasteiger partial charge in [0, 0.05) is 0 Å². The van der Waals surface area contributed by atoms with E-state index < -0.39 is 17.6 Å². The minimum atomic E-state index is -1.02. The van der Waals surface area contributed by atoms with Gasteiger partial charge >= 0.3 is 5.97 Å². The van der Waals surface area contributed by atoms with E-state index in [0.717, 1.165) is 6.07 Å². The van der Waals surface area contributed by atoms with Crippen LogP contribution in [0.3, 0.4) is 0 Å². The standard InChI is InChI=1S/C15H14F2N2O2/c1-2-21-15(20)9-6-7-11(18)13(8-9)19-12-5-3-4-10(16)14(12)17/h3-8,19H,2,18H2,1H3. The monoisotopic (exact) mass is 292 g/mol. The molecule has 0 aliphatic carbocycles. The van der Waals surface area contributed by atoms with E-state index in [1.54, 1.807) is 6.92 Å². The molecule has 0 unspecified atom stereocenters. The molecule has 4 nitrogen and oxygen atoms in total. The molecule has 0 bridgehead atoms. The molecule has 2 aromatic rings. The Morgan fingerprint density at radius 1 is 1.24 bits per heavy atom. The molecule has 0 heterocycles. The number of nitrogens with one attached hydrogen (secondary N) is 1. The molecule has 0 aromatic heterocycles. The largest absolute Gasteiger partial charge is 0.462 e. The summed E-state index contributed by atoms with van der Waals surface area (Å²) < 4.78 is 31.7. The first kappa shape index (κ1) is 14.8. The number of carbonyl (C=O) groups is 1. The summed E-state index contributed by atoms with van der Waals surface area (Å²) in [7, 11) is 0. The van der Waals surface area contributed by atoms with E-state index >= 15 is 0 Å². The van der Waals surface area contributed by atoms with Crippen LogP contribution in [0, 0.1) is 11.6 Å². The van der Waals surface area contributed by atoms with Crippen molar-refractivity contribution in [1.82, 2.24) is 0 Å². The SMILES string of the molecule is CCOC(=O)c1ccc(N)c(Nc2cccc(F)c2F)c1. The van der Waals surface area contributed by atoms with Gasteiger partial charge in [-0.2, -0.15) is 0 Å². The summed E-state index contributed by atoms with van der Waals surface area (Å²) >= 11 is 0. The molecule has 6 heteroatoms.